The molecule has 5 heteroatoms. The molecule has 5 nitrogen and oxygen atoms in total. The van der Waals surface area contributed by atoms with Crippen molar-refractivity contribution in [1.29, 1.82) is 0 Å². The molecule has 0 aromatic carbocycles. The molecule has 3 N–H and O–H groups in total. The second-order valence-corrected chi connectivity index (χ2v) is 5.62. The van der Waals surface area contributed by atoms with Crippen molar-refractivity contribution >= 4 is 5.69 Å². The van der Waals surface area contributed by atoms with Crippen molar-refractivity contribution in [3.8, 4) is 0 Å². The van der Waals surface area contributed by atoms with E-state index in [9.17, 15) is 0 Å². The Hall–Kier alpha value is -1.17. The van der Waals surface area contributed by atoms with Gasteiger partial charge in [-0.1, -0.05) is 0 Å². The van der Waals surface area contributed by atoms with Crippen LogP contribution in [0.5, 0.6) is 0 Å². The second-order valence-electron chi connectivity index (χ2n) is 5.62. The average molecular weight is 249 g/mol. The molecule has 0 bridgehead atoms. The Morgan fingerprint density at radius 2 is 2.22 bits per heavy atom. The minimum atomic E-state index is 0.224. The zero-order valence-electron chi connectivity index (χ0n) is 11.5. The fraction of sp³-hybridized carbons (Fsp3) is 0.615. The fourth-order valence-corrected chi connectivity index (χ4v) is 2.36. The van der Waals surface area contributed by atoms with Crippen molar-refractivity contribution in [2.45, 2.75) is 25.9 Å². The van der Waals surface area contributed by atoms with Crippen LogP contribution in [0.25, 0.3) is 0 Å². The van der Waals surface area contributed by atoms with Gasteiger partial charge in [0.2, 0.25) is 0 Å². The summed E-state index contributed by atoms with van der Waals surface area (Å²) in [6, 6.07) is 3.88. The molecule has 1 saturated heterocycles. The Morgan fingerprint density at radius 3 is 2.89 bits per heavy atom. The molecule has 2 rings (SSSR count). The fourth-order valence-electron chi connectivity index (χ4n) is 2.36. The summed E-state index contributed by atoms with van der Waals surface area (Å²) >= 11 is 0. The van der Waals surface area contributed by atoms with Crippen LogP contribution < -0.4 is 11.3 Å². The Balaban J connectivity index is 2.01. The van der Waals surface area contributed by atoms with E-state index in [-0.39, 0.29) is 5.54 Å². The highest BCUT2D eigenvalue weighted by Gasteiger charge is 2.30. The van der Waals surface area contributed by atoms with Gasteiger partial charge in [0, 0.05) is 37.9 Å². The van der Waals surface area contributed by atoms with Crippen molar-refractivity contribution < 1.29 is 0 Å². The Morgan fingerprint density at radius 1 is 1.44 bits per heavy atom. The number of pyridine rings is 1. The van der Waals surface area contributed by atoms with Crippen LogP contribution in [0.15, 0.2) is 18.3 Å². The molecule has 1 aromatic heterocycles. The minimum absolute atomic E-state index is 0.224. The van der Waals surface area contributed by atoms with E-state index < -0.39 is 0 Å². The number of nitrogens with two attached hydrogens (primary N) is 1. The van der Waals surface area contributed by atoms with E-state index in [1.165, 1.54) is 0 Å². The smallest absolute Gasteiger partial charge is 0.0564 e. The summed E-state index contributed by atoms with van der Waals surface area (Å²) in [7, 11) is 2.19. The summed E-state index contributed by atoms with van der Waals surface area (Å²) in [6.45, 7) is 8.69. The topological polar surface area (TPSA) is 57.4 Å². The maximum absolute atomic E-state index is 5.42. The molecule has 0 amide bonds. The maximum atomic E-state index is 5.42. The van der Waals surface area contributed by atoms with Crippen LogP contribution in [0.4, 0.5) is 5.69 Å². The van der Waals surface area contributed by atoms with Crippen molar-refractivity contribution in [1.82, 2.24) is 14.8 Å². The molecule has 0 saturated carbocycles. The first-order chi connectivity index (χ1) is 8.51. The molecular weight excluding hydrogens is 226 g/mol. The molecule has 1 aliphatic rings. The van der Waals surface area contributed by atoms with E-state index in [0.717, 1.165) is 37.6 Å². The lowest BCUT2D eigenvalue weighted by Gasteiger charge is -2.45. The lowest BCUT2D eigenvalue weighted by Crippen LogP contribution is -2.57. The van der Waals surface area contributed by atoms with Crippen LogP contribution in [-0.2, 0) is 6.54 Å². The molecule has 0 aliphatic carbocycles. The first-order valence-electron chi connectivity index (χ1n) is 6.36. The van der Waals surface area contributed by atoms with E-state index in [2.05, 4.69) is 41.1 Å². The van der Waals surface area contributed by atoms with Gasteiger partial charge in [0.15, 0.2) is 0 Å². The molecular formula is C13H23N5. The quantitative estimate of drug-likeness (QED) is 0.615. The van der Waals surface area contributed by atoms with Crippen LogP contribution in [0.2, 0.25) is 0 Å². The molecule has 0 spiro atoms. The van der Waals surface area contributed by atoms with Crippen molar-refractivity contribution in [3.05, 3.63) is 24.0 Å². The van der Waals surface area contributed by atoms with Gasteiger partial charge in [0.1, 0.15) is 0 Å². The number of hydrogen-bond donors (Lipinski definition) is 2. The number of rotatable bonds is 3. The standard InChI is InChI=1S/C13H23N5/c1-13(2)10-18(7-6-17(13)3)9-12-8-11(16-14)4-5-15-12/h4-5,8H,6-7,9-10,14H2,1-3H3,(H,15,16). The van der Waals surface area contributed by atoms with Gasteiger partial charge in [-0.15, -0.1) is 0 Å². The van der Waals surface area contributed by atoms with E-state index in [0.29, 0.717) is 0 Å². The average Bonchev–Trinajstić information content (AvgIpc) is 2.34. The van der Waals surface area contributed by atoms with Crippen LogP contribution in [0.3, 0.4) is 0 Å². The van der Waals surface area contributed by atoms with Gasteiger partial charge in [-0.05, 0) is 33.0 Å². The first-order valence-corrected chi connectivity index (χ1v) is 6.36. The van der Waals surface area contributed by atoms with E-state index in [1.807, 2.05) is 12.1 Å². The second kappa shape index (κ2) is 5.22. The predicted octanol–water partition coefficient (Wildman–Crippen LogP) is 0.893. The van der Waals surface area contributed by atoms with Gasteiger partial charge < -0.3 is 5.43 Å². The number of nitrogens with zero attached hydrogens (tertiary/aromatic N) is 3. The van der Waals surface area contributed by atoms with E-state index in [1.54, 1.807) is 6.20 Å². The third-order valence-electron chi connectivity index (χ3n) is 3.76. The van der Waals surface area contributed by atoms with Crippen molar-refractivity contribution in [2.24, 2.45) is 5.84 Å². The Bertz CT molecular complexity index is 404. The highest BCUT2D eigenvalue weighted by atomic mass is 15.3. The Labute approximate surface area is 109 Å². The van der Waals surface area contributed by atoms with Gasteiger partial charge in [0.05, 0.1) is 11.4 Å². The summed E-state index contributed by atoms with van der Waals surface area (Å²) in [5.41, 5.74) is 4.86. The number of nitrogen functional groups attached to an aromatic ring is 1. The van der Waals surface area contributed by atoms with Gasteiger partial charge in [0.25, 0.3) is 0 Å². The van der Waals surface area contributed by atoms with Crippen LogP contribution in [0.1, 0.15) is 19.5 Å². The number of hydrazine groups is 1. The molecule has 1 fully saturated rings. The zero-order valence-corrected chi connectivity index (χ0v) is 11.5. The molecule has 1 aromatic rings. The largest absolute Gasteiger partial charge is 0.324 e. The lowest BCUT2D eigenvalue weighted by atomic mass is 9.99. The molecule has 18 heavy (non-hydrogen) atoms. The number of anilines is 1. The highest BCUT2D eigenvalue weighted by Crippen LogP contribution is 2.20. The van der Waals surface area contributed by atoms with Crippen molar-refractivity contribution in [3.63, 3.8) is 0 Å². The Kier molecular flexibility index (Phi) is 3.85. The van der Waals surface area contributed by atoms with Crippen LogP contribution >= 0.6 is 0 Å². The predicted molar refractivity (Wildman–Crippen MR) is 74.0 cm³/mol. The van der Waals surface area contributed by atoms with E-state index in [4.69, 9.17) is 5.84 Å². The number of nitrogens with one attached hydrogen (secondary N) is 1. The normalized spacial score (nSPS) is 20.9. The van der Waals surface area contributed by atoms with Crippen LogP contribution in [0, 0.1) is 0 Å². The summed E-state index contributed by atoms with van der Waals surface area (Å²) in [5, 5.41) is 0. The molecule has 0 atom stereocenters. The third kappa shape index (κ3) is 2.98. The zero-order chi connectivity index (χ0) is 13.2. The first kappa shape index (κ1) is 13.3. The third-order valence-corrected chi connectivity index (χ3v) is 3.76. The summed E-state index contributed by atoms with van der Waals surface area (Å²) in [5.74, 6) is 5.42. The minimum Gasteiger partial charge on any atom is -0.324 e. The lowest BCUT2D eigenvalue weighted by molar-refractivity contribution is 0.0354. The van der Waals surface area contributed by atoms with Gasteiger partial charge in [-0.25, -0.2) is 0 Å². The van der Waals surface area contributed by atoms with Gasteiger partial charge in [-0.2, -0.15) is 0 Å². The number of aromatic nitrogens is 1. The summed E-state index contributed by atoms with van der Waals surface area (Å²) in [6.07, 6.45) is 1.80. The van der Waals surface area contributed by atoms with Crippen LogP contribution in [-0.4, -0.2) is 47.0 Å². The molecule has 0 radical (unpaired) electrons. The summed E-state index contributed by atoms with van der Waals surface area (Å²) < 4.78 is 0. The monoisotopic (exact) mass is 249 g/mol. The summed E-state index contributed by atoms with van der Waals surface area (Å²) in [4.78, 5) is 9.26. The molecule has 100 valence electrons. The molecule has 0 unspecified atom stereocenters. The maximum Gasteiger partial charge on any atom is 0.0564 e. The number of likely N-dealkylation sites (N-methyl/N-ethyl adjacent to an activating group) is 1. The number of piperazine rings is 1. The van der Waals surface area contributed by atoms with E-state index >= 15 is 0 Å². The number of hydrogen-bond acceptors (Lipinski definition) is 5. The van der Waals surface area contributed by atoms with Gasteiger partial charge in [-0.3, -0.25) is 20.6 Å². The SMILES string of the molecule is CN1CCN(Cc2cc(NN)ccn2)CC1(C)C. The molecule has 1 aliphatic heterocycles. The van der Waals surface area contributed by atoms with Gasteiger partial charge >= 0.3 is 0 Å². The highest BCUT2D eigenvalue weighted by molar-refractivity contribution is 5.41. The van der Waals surface area contributed by atoms with Crippen molar-refractivity contribution in [2.75, 3.05) is 32.1 Å². The molecule has 2 heterocycles.